The van der Waals surface area contributed by atoms with Crippen LogP contribution < -0.4 is 11.1 Å². The van der Waals surface area contributed by atoms with Crippen molar-refractivity contribution in [3.8, 4) is 0 Å². The molecule has 0 aromatic carbocycles. The van der Waals surface area contributed by atoms with Gasteiger partial charge in [-0.2, -0.15) is 0 Å². The lowest BCUT2D eigenvalue weighted by Crippen LogP contribution is -2.42. The first kappa shape index (κ1) is 13.0. The lowest BCUT2D eigenvalue weighted by molar-refractivity contribution is 0.0681. The van der Waals surface area contributed by atoms with Crippen LogP contribution in [-0.4, -0.2) is 23.8 Å². The maximum Gasteiger partial charge on any atom is 0.408 e. The summed E-state index contributed by atoms with van der Waals surface area (Å²) < 4.78 is 5.22. The third-order valence-electron chi connectivity index (χ3n) is 2.94. The minimum atomic E-state index is -0.616. The molecule has 0 radical (unpaired) electrons. The average molecular weight is 226 g/mol. The van der Waals surface area contributed by atoms with Gasteiger partial charge in [0.1, 0.15) is 5.60 Å². The molecule has 1 aliphatic carbocycles. The predicted molar refractivity (Wildman–Crippen MR) is 64.1 cm³/mol. The highest BCUT2D eigenvalue weighted by molar-refractivity contribution is 5.68. The van der Waals surface area contributed by atoms with Crippen LogP contribution >= 0.6 is 0 Å². The van der Waals surface area contributed by atoms with Crippen LogP contribution in [-0.2, 0) is 4.74 Å². The van der Waals surface area contributed by atoms with Gasteiger partial charge < -0.3 is 15.8 Å². The molecule has 1 amide bonds. The molecule has 4 nitrogen and oxygen atoms in total. The summed E-state index contributed by atoms with van der Waals surface area (Å²) in [6.45, 7) is 7.22. The van der Waals surface area contributed by atoms with Gasteiger partial charge in [-0.25, -0.2) is 4.79 Å². The van der Waals surface area contributed by atoms with Gasteiger partial charge in [0.2, 0.25) is 0 Å². The smallest absolute Gasteiger partial charge is 0.408 e. The molecule has 0 aromatic rings. The summed E-state index contributed by atoms with van der Waals surface area (Å²) in [6, 6.07) is 0.492. The van der Waals surface area contributed by atoms with Crippen LogP contribution in [0.3, 0.4) is 0 Å². The molecule has 0 atom stereocenters. The van der Waals surface area contributed by atoms with Crippen molar-refractivity contribution >= 4 is 6.09 Å². The number of nitrogens with one attached hydrogen (secondary N) is 1. The van der Waals surface area contributed by atoms with Gasteiger partial charge in [-0.3, -0.25) is 0 Å². The Bertz CT molecular complexity index is 256. The summed E-state index contributed by atoms with van der Waals surface area (Å²) in [5.74, 6) is 0. The molecule has 1 aliphatic rings. The van der Waals surface area contributed by atoms with Crippen LogP contribution in [0.4, 0.5) is 4.79 Å². The molecule has 0 saturated heterocycles. The molecule has 1 fully saturated rings. The zero-order valence-electron chi connectivity index (χ0n) is 10.2. The monoisotopic (exact) mass is 226 g/mol. The van der Waals surface area contributed by atoms with Gasteiger partial charge in [0, 0.05) is 12.1 Å². The molecular formula is C12H22N2O2. The SMILES string of the molecule is C=CC(C)(C)OC(=O)NC1CCC(N)CC1. The number of amides is 1. The van der Waals surface area contributed by atoms with Gasteiger partial charge in [0.05, 0.1) is 0 Å². The normalized spacial score (nSPS) is 25.9. The number of alkyl carbamates (subject to hydrolysis) is 1. The van der Waals surface area contributed by atoms with Crippen molar-refractivity contribution in [1.29, 1.82) is 0 Å². The average Bonchev–Trinajstić information content (AvgIpc) is 2.21. The van der Waals surface area contributed by atoms with E-state index in [4.69, 9.17) is 10.5 Å². The zero-order valence-corrected chi connectivity index (χ0v) is 10.2. The number of ether oxygens (including phenoxy) is 1. The summed E-state index contributed by atoms with van der Waals surface area (Å²) in [5.41, 5.74) is 5.18. The topological polar surface area (TPSA) is 64.3 Å². The Morgan fingerprint density at radius 1 is 1.44 bits per heavy atom. The summed E-state index contributed by atoms with van der Waals surface area (Å²) in [6.07, 6.45) is 5.05. The number of hydrogen-bond acceptors (Lipinski definition) is 3. The van der Waals surface area contributed by atoms with Crippen LogP contribution in [0.25, 0.3) is 0 Å². The van der Waals surface area contributed by atoms with Gasteiger partial charge in [0.15, 0.2) is 0 Å². The van der Waals surface area contributed by atoms with Crippen molar-refractivity contribution in [2.45, 2.75) is 57.2 Å². The molecule has 0 heterocycles. The van der Waals surface area contributed by atoms with Crippen LogP contribution in [0.1, 0.15) is 39.5 Å². The van der Waals surface area contributed by atoms with Gasteiger partial charge in [-0.15, -0.1) is 0 Å². The largest absolute Gasteiger partial charge is 0.439 e. The second-order valence-electron chi connectivity index (χ2n) is 4.95. The zero-order chi connectivity index (χ0) is 12.2. The summed E-state index contributed by atoms with van der Waals surface area (Å²) in [4.78, 5) is 11.6. The Kier molecular flexibility index (Phi) is 4.35. The third-order valence-corrected chi connectivity index (χ3v) is 2.94. The molecule has 1 saturated carbocycles. The van der Waals surface area contributed by atoms with Crippen molar-refractivity contribution < 1.29 is 9.53 Å². The lowest BCUT2D eigenvalue weighted by Gasteiger charge is -2.28. The first-order valence-electron chi connectivity index (χ1n) is 5.81. The Balaban J connectivity index is 2.32. The maximum atomic E-state index is 11.6. The summed E-state index contributed by atoms with van der Waals surface area (Å²) in [5, 5.41) is 2.87. The summed E-state index contributed by atoms with van der Waals surface area (Å²) >= 11 is 0. The van der Waals surface area contributed by atoms with Gasteiger partial charge in [0.25, 0.3) is 0 Å². The molecule has 0 aromatic heterocycles. The maximum absolute atomic E-state index is 11.6. The summed E-state index contributed by atoms with van der Waals surface area (Å²) in [7, 11) is 0. The standard InChI is InChI=1S/C12H22N2O2/c1-4-12(2,3)16-11(15)14-10-7-5-9(13)6-8-10/h4,9-10H,1,5-8,13H2,2-3H3,(H,14,15). The van der Waals surface area contributed by atoms with E-state index in [2.05, 4.69) is 11.9 Å². The van der Waals surface area contributed by atoms with E-state index in [0.29, 0.717) is 6.04 Å². The van der Waals surface area contributed by atoms with Crippen LogP contribution in [0, 0.1) is 0 Å². The Labute approximate surface area is 97.2 Å². The number of rotatable bonds is 3. The second kappa shape index (κ2) is 5.34. The Morgan fingerprint density at radius 3 is 2.50 bits per heavy atom. The van der Waals surface area contributed by atoms with Gasteiger partial charge >= 0.3 is 6.09 Å². The fourth-order valence-electron chi connectivity index (χ4n) is 1.74. The minimum absolute atomic E-state index is 0.202. The van der Waals surface area contributed by atoms with Crippen molar-refractivity contribution in [1.82, 2.24) is 5.32 Å². The lowest BCUT2D eigenvalue weighted by atomic mass is 9.92. The molecule has 0 unspecified atom stereocenters. The molecule has 1 rings (SSSR count). The number of hydrogen-bond donors (Lipinski definition) is 2. The van der Waals surface area contributed by atoms with Crippen molar-refractivity contribution in [2.24, 2.45) is 5.73 Å². The van der Waals surface area contributed by atoms with Crippen LogP contribution in [0.2, 0.25) is 0 Å². The van der Waals surface area contributed by atoms with Crippen molar-refractivity contribution in [3.63, 3.8) is 0 Å². The fraction of sp³-hybridized carbons (Fsp3) is 0.750. The van der Waals surface area contributed by atoms with E-state index in [0.717, 1.165) is 25.7 Å². The predicted octanol–water partition coefficient (Wildman–Crippen LogP) is 1.95. The van der Waals surface area contributed by atoms with E-state index >= 15 is 0 Å². The Morgan fingerprint density at radius 2 is 2.00 bits per heavy atom. The molecule has 0 aliphatic heterocycles. The minimum Gasteiger partial charge on any atom is -0.439 e. The van der Waals surface area contributed by atoms with Crippen molar-refractivity contribution in [3.05, 3.63) is 12.7 Å². The molecule has 92 valence electrons. The van der Waals surface area contributed by atoms with E-state index in [1.807, 2.05) is 0 Å². The molecule has 0 bridgehead atoms. The second-order valence-corrected chi connectivity index (χ2v) is 4.95. The fourth-order valence-corrected chi connectivity index (χ4v) is 1.74. The van der Waals surface area contributed by atoms with Crippen LogP contribution in [0.15, 0.2) is 12.7 Å². The van der Waals surface area contributed by atoms with Crippen molar-refractivity contribution in [2.75, 3.05) is 0 Å². The first-order chi connectivity index (χ1) is 7.43. The Hall–Kier alpha value is -1.03. The van der Waals surface area contributed by atoms with Crippen LogP contribution in [0.5, 0.6) is 0 Å². The first-order valence-corrected chi connectivity index (χ1v) is 5.81. The highest BCUT2D eigenvalue weighted by Gasteiger charge is 2.23. The number of nitrogens with two attached hydrogens (primary N) is 1. The molecule has 4 heteroatoms. The molecule has 0 spiro atoms. The van der Waals surface area contributed by atoms with E-state index in [1.54, 1.807) is 19.9 Å². The molecule has 16 heavy (non-hydrogen) atoms. The number of carbonyl (C=O) groups excluding carboxylic acids is 1. The molecule has 3 N–H and O–H groups in total. The quantitative estimate of drug-likeness (QED) is 0.723. The van der Waals surface area contributed by atoms with E-state index in [1.165, 1.54) is 0 Å². The molecular weight excluding hydrogens is 204 g/mol. The van der Waals surface area contributed by atoms with Gasteiger partial charge in [-0.05, 0) is 45.6 Å². The highest BCUT2D eigenvalue weighted by Crippen LogP contribution is 2.17. The third kappa shape index (κ3) is 4.23. The number of carbonyl (C=O) groups is 1. The van der Waals surface area contributed by atoms with Gasteiger partial charge in [-0.1, -0.05) is 6.58 Å². The van der Waals surface area contributed by atoms with E-state index < -0.39 is 5.60 Å². The highest BCUT2D eigenvalue weighted by atomic mass is 16.6. The van der Waals surface area contributed by atoms with E-state index in [-0.39, 0.29) is 12.1 Å². The van der Waals surface area contributed by atoms with E-state index in [9.17, 15) is 4.79 Å².